The van der Waals surface area contributed by atoms with Gasteiger partial charge in [-0.15, -0.1) is 0 Å². The molecule has 6 nitrogen and oxygen atoms in total. The number of para-hydroxylation sites is 1. The van der Waals surface area contributed by atoms with Gasteiger partial charge in [-0.1, -0.05) is 48.5 Å². The van der Waals surface area contributed by atoms with Crippen molar-refractivity contribution in [3.05, 3.63) is 108 Å². The van der Waals surface area contributed by atoms with Gasteiger partial charge in [0.2, 0.25) is 0 Å². The van der Waals surface area contributed by atoms with E-state index in [0.29, 0.717) is 18.8 Å². The van der Waals surface area contributed by atoms with Crippen molar-refractivity contribution in [3.63, 3.8) is 0 Å². The lowest BCUT2D eigenvalue weighted by atomic mass is 9.86. The van der Waals surface area contributed by atoms with Crippen LogP contribution in [0.1, 0.15) is 35.6 Å². The number of aromatic nitrogens is 1. The van der Waals surface area contributed by atoms with Gasteiger partial charge in [0.05, 0.1) is 11.2 Å². The van der Waals surface area contributed by atoms with Crippen molar-refractivity contribution in [3.8, 4) is 5.75 Å². The minimum atomic E-state index is -1.83. The number of benzene rings is 3. The molecule has 0 amide bonds. The SMILES string of the molecule is N=C(CCC(c1ccc(F)cc1)c1ccc(OCc2ccc3ccccc3n2)cc1)C(O)C(=O)O. The average molecular weight is 473 g/mol. The van der Waals surface area contributed by atoms with E-state index in [1.807, 2.05) is 60.7 Å². The molecule has 0 spiro atoms. The lowest BCUT2D eigenvalue weighted by Crippen LogP contribution is -2.29. The summed E-state index contributed by atoms with van der Waals surface area (Å²) in [4.78, 5) is 15.6. The molecule has 0 aliphatic rings. The number of pyridine rings is 1. The smallest absolute Gasteiger partial charge is 0.338 e. The Bertz CT molecular complexity index is 1320. The van der Waals surface area contributed by atoms with E-state index in [9.17, 15) is 14.3 Å². The molecule has 7 heteroatoms. The second kappa shape index (κ2) is 10.9. The molecule has 4 rings (SSSR count). The third kappa shape index (κ3) is 6.07. The Morgan fingerprint density at radius 3 is 2.29 bits per heavy atom. The summed E-state index contributed by atoms with van der Waals surface area (Å²) in [5.41, 5.74) is 3.19. The number of nitrogens with zero attached hydrogens (tertiary/aromatic N) is 1. The molecule has 0 aliphatic heterocycles. The number of carbonyl (C=O) groups is 1. The molecule has 3 aromatic carbocycles. The molecule has 0 fully saturated rings. The van der Waals surface area contributed by atoms with Crippen molar-refractivity contribution in [1.29, 1.82) is 5.41 Å². The highest BCUT2D eigenvalue weighted by molar-refractivity contribution is 6.02. The average Bonchev–Trinajstić information content (AvgIpc) is 2.88. The van der Waals surface area contributed by atoms with E-state index in [1.165, 1.54) is 12.1 Å². The molecule has 4 aromatic rings. The molecule has 0 saturated carbocycles. The highest BCUT2D eigenvalue weighted by atomic mass is 19.1. The van der Waals surface area contributed by atoms with Gasteiger partial charge in [0.15, 0.2) is 6.10 Å². The number of carboxylic acid groups (broad SMARTS) is 1. The molecule has 35 heavy (non-hydrogen) atoms. The van der Waals surface area contributed by atoms with E-state index >= 15 is 0 Å². The summed E-state index contributed by atoms with van der Waals surface area (Å²) in [6, 6.07) is 25.4. The molecular formula is C28H25FN2O4. The molecule has 1 aromatic heterocycles. The minimum Gasteiger partial charge on any atom is -0.487 e. The van der Waals surface area contributed by atoms with E-state index in [4.69, 9.17) is 15.3 Å². The number of ether oxygens (including phenoxy) is 1. The number of hydrogen-bond acceptors (Lipinski definition) is 5. The topological polar surface area (TPSA) is 104 Å². The van der Waals surface area contributed by atoms with Crippen LogP contribution in [-0.2, 0) is 11.4 Å². The van der Waals surface area contributed by atoms with Crippen molar-refractivity contribution in [1.82, 2.24) is 4.98 Å². The number of halogens is 1. The Hall–Kier alpha value is -4.10. The first-order chi connectivity index (χ1) is 16.9. The Morgan fingerprint density at radius 1 is 0.943 bits per heavy atom. The van der Waals surface area contributed by atoms with Crippen molar-refractivity contribution < 1.29 is 24.1 Å². The van der Waals surface area contributed by atoms with Crippen molar-refractivity contribution in [2.45, 2.75) is 31.5 Å². The lowest BCUT2D eigenvalue weighted by molar-refractivity contribution is -0.143. The molecule has 178 valence electrons. The monoisotopic (exact) mass is 472 g/mol. The van der Waals surface area contributed by atoms with Gasteiger partial charge in [0.1, 0.15) is 18.2 Å². The summed E-state index contributed by atoms with van der Waals surface area (Å²) in [6.45, 7) is 0.315. The number of rotatable bonds is 10. The first kappa shape index (κ1) is 24.0. The summed E-state index contributed by atoms with van der Waals surface area (Å²) in [6.07, 6.45) is -1.36. The predicted octanol–water partition coefficient (Wildman–Crippen LogP) is 5.33. The van der Waals surface area contributed by atoms with Crippen LogP contribution in [-0.4, -0.2) is 33.0 Å². The van der Waals surface area contributed by atoms with E-state index in [0.717, 1.165) is 27.7 Å². The molecule has 2 atom stereocenters. The number of hydrogen-bond donors (Lipinski definition) is 3. The normalized spacial score (nSPS) is 12.7. The van der Waals surface area contributed by atoms with E-state index < -0.39 is 12.1 Å². The lowest BCUT2D eigenvalue weighted by Gasteiger charge is -2.19. The highest BCUT2D eigenvalue weighted by Gasteiger charge is 2.22. The zero-order valence-corrected chi connectivity index (χ0v) is 18.9. The number of aliphatic hydroxyl groups is 1. The largest absolute Gasteiger partial charge is 0.487 e. The summed E-state index contributed by atoms with van der Waals surface area (Å²) >= 11 is 0. The molecule has 0 aliphatic carbocycles. The Kier molecular flexibility index (Phi) is 7.48. The fourth-order valence-corrected chi connectivity index (χ4v) is 3.95. The second-order valence-electron chi connectivity index (χ2n) is 8.26. The van der Waals surface area contributed by atoms with Crippen LogP contribution in [0, 0.1) is 11.2 Å². The number of aliphatic carboxylic acids is 1. The van der Waals surface area contributed by atoms with Crippen LogP contribution < -0.4 is 4.74 Å². The number of fused-ring (bicyclic) bond motifs is 1. The molecule has 0 saturated heterocycles. The van der Waals surface area contributed by atoms with Gasteiger partial charge in [-0.25, -0.2) is 14.2 Å². The van der Waals surface area contributed by atoms with Crippen LogP contribution in [0.3, 0.4) is 0 Å². The van der Waals surface area contributed by atoms with Crippen LogP contribution in [0.25, 0.3) is 10.9 Å². The molecule has 2 unspecified atom stereocenters. The van der Waals surface area contributed by atoms with Gasteiger partial charge in [-0.3, -0.25) is 0 Å². The summed E-state index contributed by atoms with van der Waals surface area (Å²) in [5, 5.41) is 27.5. The van der Waals surface area contributed by atoms with E-state index in [-0.39, 0.29) is 23.9 Å². The zero-order valence-electron chi connectivity index (χ0n) is 18.9. The third-order valence-electron chi connectivity index (χ3n) is 5.86. The molecular weight excluding hydrogens is 447 g/mol. The summed E-state index contributed by atoms with van der Waals surface area (Å²) in [5.74, 6) is -1.35. The second-order valence-corrected chi connectivity index (χ2v) is 8.26. The first-order valence-corrected chi connectivity index (χ1v) is 11.2. The zero-order chi connectivity index (χ0) is 24.8. The summed E-state index contributed by atoms with van der Waals surface area (Å²) < 4.78 is 19.4. The highest BCUT2D eigenvalue weighted by Crippen LogP contribution is 2.31. The van der Waals surface area contributed by atoms with Gasteiger partial charge in [-0.2, -0.15) is 0 Å². The van der Waals surface area contributed by atoms with Crippen LogP contribution in [0.4, 0.5) is 4.39 Å². The van der Waals surface area contributed by atoms with Crippen molar-refractivity contribution in [2.75, 3.05) is 0 Å². The predicted molar refractivity (Wildman–Crippen MR) is 131 cm³/mol. The van der Waals surface area contributed by atoms with Gasteiger partial charge < -0.3 is 20.4 Å². The number of nitrogens with one attached hydrogen (secondary N) is 1. The molecule has 3 N–H and O–H groups in total. The van der Waals surface area contributed by atoms with Gasteiger partial charge in [-0.05, 0) is 60.4 Å². The Balaban J connectivity index is 1.47. The van der Waals surface area contributed by atoms with Crippen molar-refractivity contribution >= 4 is 22.6 Å². The number of carboxylic acids is 1. The van der Waals surface area contributed by atoms with Crippen LogP contribution >= 0.6 is 0 Å². The Labute approximate surface area is 202 Å². The maximum absolute atomic E-state index is 13.5. The fraction of sp³-hybridized carbons (Fsp3) is 0.179. The van der Waals surface area contributed by atoms with Gasteiger partial charge >= 0.3 is 5.97 Å². The molecule has 0 radical (unpaired) electrons. The van der Waals surface area contributed by atoms with Crippen LogP contribution in [0.15, 0.2) is 84.9 Å². The fourth-order valence-electron chi connectivity index (χ4n) is 3.95. The van der Waals surface area contributed by atoms with E-state index in [2.05, 4.69) is 4.98 Å². The van der Waals surface area contributed by atoms with Crippen molar-refractivity contribution in [2.24, 2.45) is 0 Å². The maximum atomic E-state index is 13.5. The molecule has 1 heterocycles. The van der Waals surface area contributed by atoms with E-state index in [1.54, 1.807) is 12.1 Å². The quantitative estimate of drug-likeness (QED) is 0.271. The minimum absolute atomic E-state index is 0.0847. The third-order valence-corrected chi connectivity index (χ3v) is 5.86. The van der Waals surface area contributed by atoms with Crippen LogP contribution in [0.5, 0.6) is 5.75 Å². The maximum Gasteiger partial charge on any atom is 0.338 e. The summed E-state index contributed by atoms with van der Waals surface area (Å²) in [7, 11) is 0. The standard InChI is InChI=1S/C28H25FN2O4/c29-21-10-5-18(6-11-21)24(15-16-25(30)27(32)28(33)34)19-8-13-23(14-9-19)35-17-22-12-7-20-3-1-2-4-26(20)31-22/h1-14,24,27,30,32H,15-17H2,(H,33,34). The number of aliphatic hydroxyl groups excluding tert-OH is 1. The van der Waals surface area contributed by atoms with Gasteiger partial charge in [0.25, 0.3) is 0 Å². The first-order valence-electron chi connectivity index (χ1n) is 11.2. The van der Waals surface area contributed by atoms with Crippen LogP contribution in [0.2, 0.25) is 0 Å². The Morgan fingerprint density at radius 2 is 1.60 bits per heavy atom. The molecule has 0 bridgehead atoms. The van der Waals surface area contributed by atoms with Gasteiger partial charge in [0, 0.05) is 17.0 Å².